The molecule has 0 aliphatic carbocycles. The Labute approximate surface area is 136 Å². The smallest absolute Gasteiger partial charge is 0.240 e. The highest BCUT2D eigenvalue weighted by atomic mass is 35.5. The lowest BCUT2D eigenvalue weighted by atomic mass is 10.1. The average molecular weight is 362 g/mol. The maximum Gasteiger partial charge on any atom is 0.240 e. The number of nitrogens with two attached hydrogens (primary N) is 1. The third-order valence-electron chi connectivity index (χ3n) is 2.56. The standard InChI is InChI=1S/C12H18Cl2N2O2S.ClH/c1-8(2)5-9(7-15)16-19(17,18)10-3-4-11(13)12(14)6-10;/h3-4,6,8-9,16H,5,7,15H2,1-2H3;1H. The fraction of sp³-hybridized carbons (Fsp3) is 0.500. The molecule has 1 aromatic rings. The fourth-order valence-electron chi connectivity index (χ4n) is 1.69. The van der Waals surface area contributed by atoms with E-state index in [1.165, 1.54) is 18.2 Å². The van der Waals surface area contributed by atoms with E-state index in [9.17, 15) is 8.42 Å². The molecule has 0 amide bonds. The zero-order chi connectivity index (χ0) is 14.6. The van der Waals surface area contributed by atoms with Crippen LogP contribution in [0.25, 0.3) is 0 Å². The average Bonchev–Trinajstić information content (AvgIpc) is 2.30. The highest BCUT2D eigenvalue weighted by molar-refractivity contribution is 7.89. The van der Waals surface area contributed by atoms with Crippen molar-refractivity contribution in [1.29, 1.82) is 0 Å². The maximum absolute atomic E-state index is 12.2. The van der Waals surface area contributed by atoms with E-state index in [0.717, 1.165) is 0 Å². The van der Waals surface area contributed by atoms with Gasteiger partial charge in [-0.3, -0.25) is 0 Å². The van der Waals surface area contributed by atoms with E-state index in [0.29, 0.717) is 17.4 Å². The second kappa shape index (κ2) is 8.41. The van der Waals surface area contributed by atoms with Crippen LogP contribution >= 0.6 is 35.6 Å². The predicted octanol–water partition coefficient (Wildman–Crippen LogP) is 3.07. The molecule has 0 aliphatic rings. The van der Waals surface area contributed by atoms with Gasteiger partial charge in [-0.25, -0.2) is 13.1 Å². The summed E-state index contributed by atoms with van der Waals surface area (Å²) < 4.78 is 26.9. The third kappa shape index (κ3) is 5.76. The first-order valence-electron chi connectivity index (χ1n) is 5.93. The number of hydrogen-bond donors (Lipinski definition) is 2. The summed E-state index contributed by atoms with van der Waals surface area (Å²) in [6.45, 7) is 4.27. The minimum absolute atomic E-state index is 0. The van der Waals surface area contributed by atoms with E-state index < -0.39 is 10.0 Å². The van der Waals surface area contributed by atoms with Crippen LogP contribution in [0.2, 0.25) is 10.0 Å². The van der Waals surface area contributed by atoms with E-state index in [1.807, 2.05) is 13.8 Å². The lowest BCUT2D eigenvalue weighted by Crippen LogP contribution is -2.40. The van der Waals surface area contributed by atoms with Crippen molar-refractivity contribution < 1.29 is 8.42 Å². The molecule has 3 N–H and O–H groups in total. The number of halogens is 3. The molecule has 0 aromatic heterocycles. The lowest BCUT2D eigenvalue weighted by Gasteiger charge is -2.19. The van der Waals surface area contributed by atoms with Crippen LogP contribution in [0.1, 0.15) is 20.3 Å². The summed E-state index contributed by atoms with van der Waals surface area (Å²) >= 11 is 11.6. The minimum atomic E-state index is -3.63. The fourth-order valence-corrected chi connectivity index (χ4v) is 3.34. The molecule has 0 heterocycles. The molecular formula is C12H19Cl3N2O2S. The van der Waals surface area contributed by atoms with Gasteiger partial charge in [0, 0.05) is 12.6 Å². The molecular weight excluding hydrogens is 343 g/mol. The summed E-state index contributed by atoms with van der Waals surface area (Å²) in [7, 11) is -3.63. The molecule has 116 valence electrons. The lowest BCUT2D eigenvalue weighted by molar-refractivity contribution is 0.465. The van der Waals surface area contributed by atoms with Crippen LogP contribution in [0, 0.1) is 5.92 Å². The van der Waals surface area contributed by atoms with E-state index in [1.54, 1.807) is 0 Å². The van der Waals surface area contributed by atoms with Gasteiger partial charge in [-0.05, 0) is 30.5 Å². The summed E-state index contributed by atoms with van der Waals surface area (Å²) in [6, 6.07) is 3.91. The van der Waals surface area contributed by atoms with Crippen molar-refractivity contribution in [2.24, 2.45) is 11.7 Å². The zero-order valence-electron chi connectivity index (χ0n) is 11.3. The second-order valence-electron chi connectivity index (χ2n) is 4.76. The van der Waals surface area contributed by atoms with Gasteiger partial charge in [0.05, 0.1) is 14.9 Å². The van der Waals surface area contributed by atoms with Gasteiger partial charge in [0.2, 0.25) is 10.0 Å². The molecule has 0 bridgehead atoms. The molecule has 0 aliphatic heterocycles. The molecule has 1 rings (SSSR count). The van der Waals surface area contributed by atoms with Crippen molar-refractivity contribution in [3.8, 4) is 0 Å². The maximum atomic E-state index is 12.2. The molecule has 0 radical (unpaired) electrons. The summed E-state index contributed by atoms with van der Waals surface area (Å²) in [5.74, 6) is 0.352. The minimum Gasteiger partial charge on any atom is -0.329 e. The monoisotopic (exact) mass is 360 g/mol. The molecule has 0 saturated carbocycles. The first-order chi connectivity index (χ1) is 8.76. The molecule has 1 aromatic carbocycles. The molecule has 1 unspecified atom stereocenters. The van der Waals surface area contributed by atoms with Crippen molar-refractivity contribution in [3.05, 3.63) is 28.2 Å². The van der Waals surface area contributed by atoms with E-state index in [4.69, 9.17) is 28.9 Å². The Morgan fingerprint density at radius 1 is 1.25 bits per heavy atom. The molecule has 1 atom stereocenters. The number of nitrogens with one attached hydrogen (secondary N) is 1. The van der Waals surface area contributed by atoms with Gasteiger partial charge in [-0.1, -0.05) is 37.0 Å². The van der Waals surface area contributed by atoms with Crippen molar-refractivity contribution in [2.45, 2.75) is 31.2 Å². The van der Waals surface area contributed by atoms with Gasteiger partial charge in [0.25, 0.3) is 0 Å². The van der Waals surface area contributed by atoms with Gasteiger partial charge in [0.1, 0.15) is 0 Å². The first kappa shape index (κ1) is 20.0. The number of rotatable bonds is 6. The Morgan fingerprint density at radius 3 is 2.30 bits per heavy atom. The number of hydrogen-bond acceptors (Lipinski definition) is 3. The molecule has 0 spiro atoms. The van der Waals surface area contributed by atoms with Crippen LogP contribution in [0.15, 0.2) is 23.1 Å². The normalized spacial score (nSPS) is 13.1. The second-order valence-corrected chi connectivity index (χ2v) is 7.29. The van der Waals surface area contributed by atoms with Crippen LogP contribution in [0.3, 0.4) is 0 Å². The van der Waals surface area contributed by atoms with Gasteiger partial charge in [-0.15, -0.1) is 12.4 Å². The molecule has 0 fully saturated rings. The number of benzene rings is 1. The van der Waals surface area contributed by atoms with Crippen molar-refractivity contribution in [3.63, 3.8) is 0 Å². The van der Waals surface area contributed by atoms with Crippen LogP contribution in [0.4, 0.5) is 0 Å². The Hall–Kier alpha value is -0.0400. The Bertz CT molecular complexity index is 536. The van der Waals surface area contributed by atoms with E-state index in [-0.39, 0.29) is 34.9 Å². The Morgan fingerprint density at radius 2 is 1.85 bits per heavy atom. The molecule has 20 heavy (non-hydrogen) atoms. The van der Waals surface area contributed by atoms with Gasteiger partial charge in [-0.2, -0.15) is 0 Å². The molecule has 4 nitrogen and oxygen atoms in total. The zero-order valence-corrected chi connectivity index (χ0v) is 14.4. The summed E-state index contributed by atoms with van der Waals surface area (Å²) in [6.07, 6.45) is 0.678. The molecule has 0 saturated heterocycles. The van der Waals surface area contributed by atoms with Crippen molar-refractivity contribution in [1.82, 2.24) is 4.72 Å². The van der Waals surface area contributed by atoms with Crippen molar-refractivity contribution in [2.75, 3.05) is 6.54 Å². The van der Waals surface area contributed by atoms with Crippen molar-refractivity contribution >= 4 is 45.6 Å². The largest absolute Gasteiger partial charge is 0.329 e. The summed E-state index contributed by atoms with van der Waals surface area (Å²) in [4.78, 5) is 0.0871. The number of sulfonamides is 1. The predicted molar refractivity (Wildman–Crippen MR) is 86.3 cm³/mol. The third-order valence-corrected chi connectivity index (χ3v) is 4.82. The van der Waals surface area contributed by atoms with Gasteiger partial charge in [0.15, 0.2) is 0 Å². The van der Waals surface area contributed by atoms with Crippen LogP contribution in [0.5, 0.6) is 0 Å². The van der Waals surface area contributed by atoms with E-state index in [2.05, 4.69) is 4.72 Å². The Kier molecular flexibility index (Phi) is 8.40. The van der Waals surface area contributed by atoms with Crippen LogP contribution in [-0.2, 0) is 10.0 Å². The van der Waals surface area contributed by atoms with E-state index >= 15 is 0 Å². The SMILES string of the molecule is CC(C)CC(CN)NS(=O)(=O)c1ccc(Cl)c(Cl)c1.Cl. The quantitative estimate of drug-likeness (QED) is 0.818. The highest BCUT2D eigenvalue weighted by Gasteiger charge is 2.20. The van der Waals surface area contributed by atoms with Gasteiger partial charge < -0.3 is 5.73 Å². The highest BCUT2D eigenvalue weighted by Crippen LogP contribution is 2.25. The van der Waals surface area contributed by atoms with Crippen LogP contribution < -0.4 is 10.5 Å². The summed E-state index contributed by atoms with van der Waals surface area (Å²) in [5.41, 5.74) is 5.59. The Balaban J connectivity index is 0.00000361. The first-order valence-corrected chi connectivity index (χ1v) is 8.17. The van der Waals surface area contributed by atoms with Gasteiger partial charge >= 0.3 is 0 Å². The molecule has 8 heteroatoms. The topological polar surface area (TPSA) is 72.2 Å². The van der Waals surface area contributed by atoms with Crippen LogP contribution in [-0.4, -0.2) is 21.0 Å². The summed E-state index contributed by atoms with van der Waals surface area (Å²) in [5, 5.41) is 0.524.